The van der Waals surface area contributed by atoms with Crippen LogP contribution in [0.5, 0.6) is 11.5 Å². The Kier molecular flexibility index (Phi) is 9.88. The normalized spacial score (nSPS) is 10.4. The van der Waals surface area contributed by atoms with E-state index in [1.807, 2.05) is 18.2 Å². The quantitative estimate of drug-likeness (QED) is 0.276. The minimum Gasteiger partial charge on any atom is -0.494 e. The predicted molar refractivity (Wildman–Crippen MR) is 135 cm³/mol. The molecule has 3 rings (SSSR count). The summed E-state index contributed by atoms with van der Waals surface area (Å²) in [5, 5.41) is 20.5. The van der Waals surface area contributed by atoms with Crippen LogP contribution < -0.4 is 14.8 Å². The largest absolute Gasteiger partial charge is 0.494 e. The third kappa shape index (κ3) is 8.79. The summed E-state index contributed by atoms with van der Waals surface area (Å²) in [4.78, 5) is 34.5. The molecular weight excluding hydrogens is 462 g/mol. The van der Waals surface area contributed by atoms with Crippen LogP contribution in [0, 0.1) is 0 Å². The van der Waals surface area contributed by atoms with E-state index < -0.39 is 24.5 Å². The zero-order valence-electron chi connectivity index (χ0n) is 19.8. The van der Waals surface area contributed by atoms with Crippen molar-refractivity contribution >= 4 is 23.5 Å². The van der Waals surface area contributed by atoms with Gasteiger partial charge in [-0.3, -0.25) is 9.59 Å². The molecular formula is C28H29NO7. The molecule has 3 aromatic rings. The number of carboxylic acid groups (broad SMARTS) is 2. The molecule has 0 heterocycles. The molecule has 0 radical (unpaired) electrons. The smallest absolute Gasteiger partial charge is 0.341 e. The fourth-order valence-corrected chi connectivity index (χ4v) is 3.50. The average Bonchev–Trinajstić information content (AvgIpc) is 2.88. The first-order valence-electron chi connectivity index (χ1n) is 11.7. The number of carboxylic acids is 2. The number of rotatable bonds is 14. The van der Waals surface area contributed by atoms with Gasteiger partial charge in [-0.1, -0.05) is 36.4 Å². The second kappa shape index (κ2) is 13.5. The summed E-state index contributed by atoms with van der Waals surface area (Å²) in [6.45, 7) is -0.0144. The molecule has 0 aliphatic heterocycles. The van der Waals surface area contributed by atoms with Gasteiger partial charge in [0.2, 0.25) is 0 Å². The molecule has 0 unspecified atom stereocenters. The molecule has 0 aliphatic carbocycles. The minimum absolute atomic E-state index is 0.0779. The van der Waals surface area contributed by atoms with Gasteiger partial charge in [-0.25, -0.2) is 4.79 Å². The topological polar surface area (TPSA) is 122 Å². The zero-order chi connectivity index (χ0) is 25.8. The van der Waals surface area contributed by atoms with Crippen LogP contribution in [-0.2, 0) is 22.4 Å². The Bertz CT molecular complexity index is 1160. The maximum absolute atomic E-state index is 12.7. The number of aryl methyl sites for hydroxylation is 2. The lowest BCUT2D eigenvalue weighted by Crippen LogP contribution is -2.15. The first-order chi connectivity index (χ1) is 17.4. The number of ether oxygens (including phenoxy) is 2. The van der Waals surface area contributed by atoms with Crippen LogP contribution >= 0.6 is 0 Å². The predicted octanol–water partition coefficient (Wildman–Crippen LogP) is 4.82. The maximum atomic E-state index is 12.7. The summed E-state index contributed by atoms with van der Waals surface area (Å²) in [5.74, 6) is -1.69. The Balaban J connectivity index is 1.54. The van der Waals surface area contributed by atoms with E-state index in [0.29, 0.717) is 29.2 Å². The van der Waals surface area contributed by atoms with Crippen molar-refractivity contribution in [2.75, 3.05) is 18.5 Å². The van der Waals surface area contributed by atoms with Crippen LogP contribution in [0.15, 0.2) is 72.8 Å². The van der Waals surface area contributed by atoms with Gasteiger partial charge in [0.25, 0.3) is 5.91 Å². The van der Waals surface area contributed by atoms with Gasteiger partial charge in [0, 0.05) is 12.0 Å². The van der Waals surface area contributed by atoms with Crippen molar-refractivity contribution in [3.8, 4) is 11.5 Å². The molecule has 0 aromatic heterocycles. The van der Waals surface area contributed by atoms with E-state index >= 15 is 0 Å². The van der Waals surface area contributed by atoms with Crippen molar-refractivity contribution in [1.82, 2.24) is 0 Å². The monoisotopic (exact) mass is 491 g/mol. The number of hydrogen-bond donors (Lipinski definition) is 3. The molecule has 1 amide bonds. The van der Waals surface area contributed by atoms with Crippen molar-refractivity contribution < 1.29 is 34.1 Å². The molecule has 8 nitrogen and oxygen atoms in total. The summed E-state index contributed by atoms with van der Waals surface area (Å²) in [6.07, 6.45) is 3.11. The zero-order valence-corrected chi connectivity index (χ0v) is 19.8. The number of benzene rings is 3. The maximum Gasteiger partial charge on any atom is 0.341 e. The van der Waals surface area contributed by atoms with Crippen LogP contribution in [0.25, 0.3) is 0 Å². The molecule has 0 spiro atoms. The highest BCUT2D eigenvalue weighted by Gasteiger charge is 2.13. The Morgan fingerprint density at radius 2 is 1.50 bits per heavy atom. The molecule has 0 fully saturated rings. The summed E-state index contributed by atoms with van der Waals surface area (Å²) in [6, 6.07) is 21.8. The summed E-state index contributed by atoms with van der Waals surface area (Å²) >= 11 is 0. The highest BCUT2D eigenvalue weighted by Crippen LogP contribution is 2.27. The van der Waals surface area contributed by atoms with E-state index in [4.69, 9.17) is 19.7 Å². The Labute approximate surface area is 209 Å². The van der Waals surface area contributed by atoms with Gasteiger partial charge in [0.15, 0.2) is 6.61 Å². The number of nitrogens with one attached hydrogen (secondary N) is 1. The third-order valence-corrected chi connectivity index (χ3v) is 5.36. The van der Waals surface area contributed by atoms with Crippen LogP contribution in [0.3, 0.4) is 0 Å². The second-order valence-corrected chi connectivity index (χ2v) is 8.18. The molecule has 0 saturated carbocycles. The molecule has 0 bridgehead atoms. The van der Waals surface area contributed by atoms with E-state index in [2.05, 4.69) is 17.4 Å². The lowest BCUT2D eigenvalue weighted by atomic mass is 10.1. The van der Waals surface area contributed by atoms with Gasteiger partial charge in [-0.2, -0.15) is 0 Å². The van der Waals surface area contributed by atoms with Gasteiger partial charge in [0.05, 0.1) is 12.3 Å². The summed E-state index contributed by atoms with van der Waals surface area (Å²) in [7, 11) is 0. The number of carbonyl (C=O) groups is 3. The van der Waals surface area contributed by atoms with Crippen LogP contribution in [0.4, 0.5) is 5.69 Å². The van der Waals surface area contributed by atoms with E-state index in [1.165, 1.54) is 11.6 Å². The highest BCUT2D eigenvalue weighted by atomic mass is 16.5. The number of anilines is 1. The van der Waals surface area contributed by atoms with Gasteiger partial charge in [0.1, 0.15) is 11.5 Å². The van der Waals surface area contributed by atoms with Crippen LogP contribution in [0.1, 0.15) is 40.7 Å². The van der Waals surface area contributed by atoms with E-state index in [0.717, 1.165) is 19.3 Å². The standard InChI is InChI=1S/C28H29NO7/c30-26(31)16-10-21-9-15-24(25(18-21)36-19-27(32)33)29-28(34)22-11-13-23(14-12-22)35-17-5-4-8-20-6-2-1-3-7-20/h1-3,6-7,9,11-15,18H,4-5,8,10,16-17,19H2,(H,29,34)(H,30,31)(H,32,33). The summed E-state index contributed by atoms with van der Waals surface area (Å²) in [5.41, 5.74) is 2.64. The fourth-order valence-electron chi connectivity index (χ4n) is 3.50. The van der Waals surface area contributed by atoms with Gasteiger partial charge in [-0.15, -0.1) is 0 Å². The Hall–Kier alpha value is -4.33. The number of amides is 1. The van der Waals surface area contributed by atoms with Crippen LogP contribution in [0.2, 0.25) is 0 Å². The summed E-state index contributed by atoms with van der Waals surface area (Å²) < 4.78 is 11.1. The SMILES string of the molecule is O=C(O)CCc1ccc(NC(=O)c2ccc(OCCCCc3ccccc3)cc2)c(OCC(=O)O)c1. The average molecular weight is 492 g/mol. The van der Waals surface area contributed by atoms with Crippen LogP contribution in [-0.4, -0.2) is 41.3 Å². The molecule has 36 heavy (non-hydrogen) atoms. The first-order valence-corrected chi connectivity index (χ1v) is 11.7. The lowest BCUT2D eigenvalue weighted by molar-refractivity contribution is -0.139. The second-order valence-electron chi connectivity index (χ2n) is 8.18. The number of unbranched alkanes of at least 4 members (excludes halogenated alkanes) is 1. The van der Waals surface area contributed by atoms with Crippen molar-refractivity contribution in [2.24, 2.45) is 0 Å². The van der Waals surface area contributed by atoms with Gasteiger partial charge < -0.3 is 25.0 Å². The molecule has 0 saturated heterocycles. The molecule has 0 atom stereocenters. The van der Waals surface area contributed by atoms with Crippen molar-refractivity contribution in [3.63, 3.8) is 0 Å². The molecule has 3 N–H and O–H groups in total. The molecule has 0 aliphatic rings. The van der Waals surface area contributed by atoms with E-state index in [1.54, 1.807) is 36.4 Å². The minimum atomic E-state index is -1.17. The fraction of sp³-hybridized carbons (Fsp3) is 0.250. The Morgan fingerprint density at radius 1 is 0.750 bits per heavy atom. The third-order valence-electron chi connectivity index (χ3n) is 5.36. The first kappa shape index (κ1) is 26.3. The molecule has 8 heteroatoms. The van der Waals surface area contributed by atoms with E-state index in [9.17, 15) is 14.4 Å². The number of aliphatic carboxylic acids is 2. The highest BCUT2D eigenvalue weighted by molar-refractivity contribution is 6.05. The van der Waals surface area contributed by atoms with Gasteiger partial charge >= 0.3 is 11.9 Å². The van der Waals surface area contributed by atoms with Gasteiger partial charge in [-0.05, 0) is 73.2 Å². The Morgan fingerprint density at radius 3 is 2.19 bits per heavy atom. The van der Waals surface area contributed by atoms with Crippen molar-refractivity contribution in [1.29, 1.82) is 0 Å². The molecule has 3 aromatic carbocycles. The van der Waals surface area contributed by atoms with Crippen molar-refractivity contribution in [3.05, 3.63) is 89.5 Å². The number of carbonyl (C=O) groups excluding carboxylic acids is 1. The van der Waals surface area contributed by atoms with E-state index in [-0.39, 0.29) is 18.6 Å². The van der Waals surface area contributed by atoms with Crippen molar-refractivity contribution in [2.45, 2.75) is 32.1 Å². The number of hydrogen-bond acceptors (Lipinski definition) is 5. The lowest BCUT2D eigenvalue weighted by Gasteiger charge is -2.13. The molecule has 188 valence electrons.